The zero-order chi connectivity index (χ0) is 27.4. The highest BCUT2D eigenvalue weighted by Crippen LogP contribution is 2.31. The number of nitrogens with one attached hydrogen (secondary N) is 1. The van der Waals surface area contributed by atoms with Crippen molar-refractivity contribution in [1.82, 2.24) is 15.2 Å². The van der Waals surface area contributed by atoms with Crippen LogP contribution >= 0.6 is 11.3 Å². The van der Waals surface area contributed by atoms with E-state index in [1.165, 1.54) is 0 Å². The topological polar surface area (TPSA) is 71.5 Å². The summed E-state index contributed by atoms with van der Waals surface area (Å²) in [5.41, 5.74) is 2.73. The number of carbonyl (C=O) groups is 2. The molecule has 1 fully saturated rings. The second kappa shape index (κ2) is 11.6. The highest BCUT2D eigenvalue weighted by Gasteiger charge is 2.31. The smallest absolute Gasteiger partial charge is 0.407 e. The van der Waals surface area contributed by atoms with Gasteiger partial charge in [0.15, 0.2) is 0 Å². The molecule has 1 N–H and O–H groups in total. The minimum atomic E-state index is -0.526. The summed E-state index contributed by atoms with van der Waals surface area (Å²) in [5, 5.41) is 4.11. The van der Waals surface area contributed by atoms with Gasteiger partial charge in [0, 0.05) is 35.7 Å². The van der Waals surface area contributed by atoms with Crippen LogP contribution in [0.15, 0.2) is 79.1 Å². The van der Waals surface area contributed by atoms with Gasteiger partial charge in [-0.05, 0) is 86.7 Å². The van der Waals surface area contributed by atoms with Crippen LogP contribution in [0, 0.1) is 0 Å². The van der Waals surface area contributed by atoms with Gasteiger partial charge >= 0.3 is 6.09 Å². The lowest BCUT2D eigenvalue weighted by atomic mass is 9.89. The van der Waals surface area contributed by atoms with Crippen molar-refractivity contribution in [2.75, 3.05) is 0 Å². The molecule has 0 bridgehead atoms. The quantitative estimate of drug-likeness (QED) is 0.275. The fourth-order valence-electron chi connectivity index (χ4n) is 5.13. The van der Waals surface area contributed by atoms with Crippen molar-refractivity contribution in [3.05, 3.63) is 89.6 Å². The summed E-state index contributed by atoms with van der Waals surface area (Å²) in [6.07, 6.45) is 6.51. The lowest BCUT2D eigenvalue weighted by Crippen LogP contribution is -2.46. The van der Waals surface area contributed by atoms with E-state index in [2.05, 4.69) is 46.7 Å². The minimum Gasteiger partial charge on any atom is -0.444 e. The molecule has 2 heterocycles. The Balaban J connectivity index is 1.33. The molecule has 0 radical (unpaired) electrons. The van der Waals surface area contributed by atoms with Gasteiger partial charge in [0.1, 0.15) is 5.60 Å². The summed E-state index contributed by atoms with van der Waals surface area (Å²) in [6.45, 7) is 6.13. The van der Waals surface area contributed by atoms with Crippen LogP contribution in [0.1, 0.15) is 61.7 Å². The highest BCUT2D eigenvalue weighted by molar-refractivity contribution is 7.20. The molecule has 6 nitrogen and oxygen atoms in total. The fraction of sp³-hybridized carbons (Fsp3) is 0.344. The molecule has 0 atom stereocenters. The van der Waals surface area contributed by atoms with E-state index >= 15 is 0 Å². The SMILES string of the molecule is CC(C)(C)OC(=O)N[C@H]1CC[C@H](N(Cc2ccc(-c3cccnc3)cc2)C(=O)c2cc3ccccc3s2)CC1. The van der Waals surface area contributed by atoms with Gasteiger partial charge in [-0.25, -0.2) is 4.79 Å². The predicted octanol–water partition coefficient (Wildman–Crippen LogP) is 7.44. The first kappa shape index (κ1) is 26.9. The summed E-state index contributed by atoms with van der Waals surface area (Å²) in [4.78, 5) is 33.3. The lowest BCUT2D eigenvalue weighted by Gasteiger charge is -2.37. The number of hydrogen-bond donors (Lipinski definition) is 1. The largest absolute Gasteiger partial charge is 0.444 e. The monoisotopic (exact) mass is 541 g/mol. The minimum absolute atomic E-state index is 0.0520. The Morgan fingerprint density at radius 2 is 1.72 bits per heavy atom. The third-order valence-corrected chi connectivity index (χ3v) is 8.16. The van der Waals surface area contributed by atoms with Gasteiger partial charge in [-0.2, -0.15) is 0 Å². The van der Waals surface area contributed by atoms with Gasteiger partial charge in [-0.3, -0.25) is 9.78 Å². The maximum atomic E-state index is 14.0. The molecule has 5 rings (SSSR count). The van der Waals surface area contributed by atoms with Crippen molar-refractivity contribution in [2.24, 2.45) is 0 Å². The van der Waals surface area contributed by atoms with E-state index in [0.717, 1.165) is 57.3 Å². The summed E-state index contributed by atoms with van der Waals surface area (Å²) < 4.78 is 6.56. The first-order valence-corrected chi connectivity index (χ1v) is 14.4. The Morgan fingerprint density at radius 3 is 2.38 bits per heavy atom. The second-order valence-electron chi connectivity index (χ2n) is 11.2. The maximum absolute atomic E-state index is 14.0. The number of hydrogen-bond acceptors (Lipinski definition) is 5. The van der Waals surface area contributed by atoms with Crippen LogP contribution in [0.3, 0.4) is 0 Å². The number of amides is 2. The van der Waals surface area contributed by atoms with Crippen LogP contribution in [0.5, 0.6) is 0 Å². The van der Waals surface area contributed by atoms with E-state index in [0.29, 0.717) is 6.54 Å². The van der Waals surface area contributed by atoms with Gasteiger partial charge in [0.2, 0.25) is 0 Å². The van der Waals surface area contributed by atoms with Crippen LogP contribution in [0.4, 0.5) is 4.79 Å². The number of benzene rings is 2. The van der Waals surface area contributed by atoms with E-state index in [4.69, 9.17) is 4.74 Å². The van der Waals surface area contributed by atoms with Crippen LogP contribution in [0.25, 0.3) is 21.2 Å². The van der Waals surface area contributed by atoms with Crippen LogP contribution in [0.2, 0.25) is 0 Å². The van der Waals surface area contributed by atoms with E-state index in [1.54, 1.807) is 17.5 Å². The zero-order valence-electron chi connectivity index (χ0n) is 22.7. The van der Waals surface area contributed by atoms with Crippen molar-refractivity contribution < 1.29 is 14.3 Å². The number of ether oxygens (including phenoxy) is 1. The van der Waals surface area contributed by atoms with Gasteiger partial charge < -0.3 is 15.0 Å². The molecule has 1 aliphatic rings. The third kappa shape index (κ3) is 6.84. The predicted molar refractivity (Wildman–Crippen MR) is 157 cm³/mol. The van der Waals surface area contributed by atoms with Crippen molar-refractivity contribution in [3.63, 3.8) is 0 Å². The first-order chi connectivity index (χ1) is 18.7. The summed E-state index contributed by atoms with van der Waals surface area (Å²) in [5.74, 6) is 0.0658. The number of alkyl carbamates (subject to hydrolysis) is 1. The number of fused-ring (bicyclic) bond motifs is 1. The Bertz CT molecular complexity index is 1390. The molecule has 4 aromatic rings. The van der Waals surface area contributed by atoms with Crippen LogP contribution in [-0.2, 0) is 11.3 Å². The molecular formula is C32H35N3O3S. The van der Waals surface area contributed by atoms with Crippen molar-refractivity contribution >= 4 is 33.4 Å². The van der Waals surface area contributed by atoms with E-state index in [1.807, 2.05) is 62.2 Å². The molecule has 0 unspecified atom stereocenters. The first-order valence-electron chi connectivity index (χ1n) is 13.5. The number of aromatic nitrogens is 1. The molecule has 1 aliphatic carbocycles. The number of nitrogens with zero attached hydrogens (tertiary/aromatic N) is 2. The Labute approximate surface area is 234 Å². The van der Waals surface area contributed by atoms with Crippen LogP contribution in [-0.4, -0.2) is 39.6 Å². The Hall–Kier alpha value is -3.71. The van der Waals surface area contributed by atoms with Gasteiger partial charge in [-0.15, -0.1) is 11.3 Å². The molecule has 39 heavy (non-hydrogen) atoms. The van der Waals surface area contributed by atoms with Gasteiger partial charge in [0.25, 0.3) is 5.91 Å². The number of rotatable bonds is 6. The standard InChI is InChI=1S/C32H35N3O3S/c1-32(2,3)38-31(37)34-26-14-16-27(17-15-26)35(30(36)29-19-24-7-4-5-9-28(24)39-29)21-22-10-12-23(13-11-22)25-8-6-18-33-20-25/h4-13,18-20,26-27H,14-17,21H2,1-3H3,(H,34,37)/t26-,27-. The molecule has 0 aliphatic heterocycles. The average Bonchev–Trinajstić information content (AvgIpc) is 3.36. The van der Waals surface area contributed by atoms with Gasteiger partial charge in [-0.1, -0.05) is 48.5 Å². The van der Waals surface area contributed by atoms with E-state index < -0.39 is 5.60 Å². The number of carbonyl (C=O) groups excluding carboxylic acids is 2. The van der Waals surface area contributed by atoms with Crippen molar-refractivity contribution in [3.8, 4) is 11.1 Å². The fourth-order valence-corrected chi connectivity index (χ4v) is 6.15. The van der Waals surface area contributed by atoms with Crippen molar-refractivity contribution in [2.45, 2.75) is 70.7 Å². The molecule has 2 amide bonds. The molecular weight excluding hydrogens is 506 g/mol. The molecule has 1 saturated carbocycles. The summed E-state index contributed by atoms with van der Waals surface area (Å²) in [7, 11) is 0. The Morgan fingerprint density at radius 1 is 0.974 bits per heavy atom. The molecule has 7 heteroatoms. The molecule has 0 spiro atoms. The van der Waals surface area contributed by atoms with E-state index in [9.17, 15) is 9.59 Å². The summed E-state index contributed by atoms with van der Waals surface area (Å²) in [6, 6.07) is 22.6. The maximum Gasteiger partial charge on any atom is 0.407 e. The molecule has 2 aromatic carbocycles. The average molecular weight is 542 g/mol. The second-order valence-corrected chi connectivity index (χ2v) is 12.3. The van der Waals surface area contributed by atoms with Crippen LogP contribution < -0.4 is 5.32 Å². The number of thiophene rings is 1. The zero-order valence-corrected chi connectivity index (χ0v) is 23.5. The Kier molecular flexibility index (Phi) is 7.98. The van der Waals surface area contributed by atoms with E-state index in [-0.39, 0.29) is 24.1 Å². The number of pyridine rings is 1. The highest BCUT2D eigenvalue weighted by atomic mass is 32.1. The summed E-state index contributed by atoms with van der Waals surface area (Å²) >= 11 is 1.55. The molecule has 2 aromatic heterocycles. The van der Waals surface area contributed by atoms with Gasteiger partial charge in [0.05, 0.1) is 4.88 Å². The lowest BCUT2D eigenvalue weighted by molar-refractivity contribution is 0.0454. The third-order valence-electron chi connectivity index (χ3n) is 7.06. The normalized spacial score (nSPS) is 17.5. The molecule has 202 valence electrons. The molecule has 0 saturated heterocycles. The van der Waals surface area contributed by atoms with Crippen molar-refractivity contribution in [1.29, 1.82) is 0 Å².